The summed E-state index contributed by atoms with van der Waals surface area (Å²) >= 11 is 1.11. The zero-order valence-electron chi connectivity index (χ0n) is 18.5. The molecule has 8 heteroatoms. The van der Waals surface area contributed by atoms with E-state index in [0.29, 0.717) is 5.56 Å². The molecule has 1 aliphatic carbocycles. The van der Waals surface area contributed by atoms with Gasteiger partial charge in [-0.2, -0.15) is 0 Å². The molecule has 32 heavy (non-hydrogen) atoms. The van der Waals surface area contributed by atoms with Crippen molar-refractivity contribution < 1.29 is 9.59 Å². The van der Waals surface area contributed by atoms with Gasteiger partial charge < -0.3 is 5.32 Å². The molecule has 1 N–H and O–H groups in total. The predicted molar refractivity (Wildman–Crippen MR) is 125 cm³/mol. The van der Waals surface area contributed by atoms with E-state index in [1.165, 1.54) is 0 Å². The summed E-state index contributed by atoms with van der Waals surface area (Å²) in [6.45, 7) is 5.95. The number of anilines is 1. The third-order valence-electron chi connectivity index (χ3n) is 5.90. The second kappa shape index (κ2) is 9.56. The second-order valence-electron chi connectivity index (χ2n) is 8.39. The lowest BCUT2D eigenvalue weighted by atomic mass is 9.98. The number of aromatic nitrogens is 3. The topological polar surface area (TPSA) is 88.1 Å². The SMILES string of the molecule is Cc1cc(C)c(N(C(=O)c2csnn2)[C@@H](C(=O)NC2CCCC2)c2ccncc2)c(C)c1. The largest absolute Gasteiger partial charge is 0.351 e. The average molecular weight is 450 g/mol. The zero-order valence-corrected chi connectivity index (χ0v) is 19.4. The zero-order chi connectivity index (χ0) is 22.7. The minimum Gasteiger partial charge on any atom is -0.351 e. The van der Waals surface area contributed by atoms with E-state index in [0.717, 1.165) is 59.6 Å². The van der Waals surface area contributed by atoms with Crippen molar-refractivity contribution >= 4 is 29.0 Å². The van der Waals surface area contributed by atoms with Gasteiger partial charge >= 0.3 is 0 Å². The third-order valence-corrected chi connectivity index (χ3v) is 6.41. The molecule has 0 unspecified atom stereocenters. The molecular formula is C24H27N5O2S. The first-order chi connectivity index (χ1) is 15.5. The minimum absolute atomic E-state index is 0.130. The van der Waals surface area contributed by atoms with Gasteiger partial charge in [-0.1, -0.05) is 35.0 Å². The molecule has 4 rings (SSSR count). The number of aryl methyl sites for hydroxylation is 3. The number of rotatable bonds is 6. The van der Waals surface area contributed by atoms with Gasteiger partial charge in [0.15, 0.2) is 5.69 Å². The van der Waals surface area contributed by atoms with Crippen molar-refractivity contribution in [1.82, 2.24) is 19.9 Å². The predicted octanol–water partition coefficient (Wildman–Crippen LogP) is 4.31. The highest BCUT2D eigenvalue weighted by Gasteiger charge is 2.37. The fourth-order valence-electron chi connectivity index (χ4n) is 4.60. The van der Waals surface area contributed by atoms with E-state index >= 15 is 0 Å². The average Bonchev–Trinajstić information content (AvgIpc) is 3.47. The lowest BCUT2D eigenvalue weighted by molar-refractivity contribution is -0.123. The summed E-state index contributed by atoms with van der Waals surface area (Å²) in [5.41, 5.74) is 4.59. The van der Waals surface area contributed by atoms with Gasteiger partial charge in [-0.3, -0.25) is 19.5 Å². The van der Waals surface area contributed by atoms with Gasteiger partial charge in [-0.15, -0.1) is 5.10 Å². The van der Waals surface area contributed by atoms with Gasteiger partial charge in [0.25, 0.3) is 5.91 Å². The maximum atomic E-state index is 13.8. The minimum atomic E-state index is -0.854. The van der Waals surface area contributed by atoms with Crippen LogP contribution in [0.1, 0.15) is 64.5 Å². The Labute approximate surface area is 192 Å². The number of carbonyl (C=O) groups is 2. The van der Waals surface area contributed by atoms with Gasteiger partial charge in [0.2, 0.25) is 5.91 Å². The normalized spacial score (nSPS) is 14.8. The fourth-order valence-corrected chi connectivity index (χ4v) is 5.03. The highest BCUT2D eigenvalue weighted by molar-refractivity contribution is 7.03. The Morgan fingerprint density at radius 3 is 2.34 bits per heavy atom. The summed E-state index contributed by atoms with van der Waals surface area (Å²) in [6, 6.07) is 6.91. The smallest absolute Gasteiger partial charge is 0.280 e. The van der Waals surface area contributed by atoms with Crippen molar-refractivity contribution in [1.29, 1.82) is 0 Å². The van der Waals surface area contributed by atoms with Crippen molar-refractivity contribution in [3.63, 3.8) is 0 Å². The Morgan fingerprint density at radius 2 is 1.75 bits per heavy atom. The standard InChI is InChI=1S/C24H27N5O2S/c1-15-12-16(2)21(17(3)13-15)29(24(31)20-14-32-28-27-20)22(18-8-10-25-11-9-18)23(30)26-19-6-4-5-7-19/h8-14,19,22H,4-7H2,1-3H3,(H,26,30)/t22-/m1/s1. The molecule has 0 radical (unpaired) electrons. The van der Waals surface area contributed by atoms with Crippen molar-refractivity contribution in [3.8, 4) is 0 Å². The molecule has 1 atom stereocenters. The first-order valence-corrected chi connectivity index (χ1v) is 11.7. The number of benzene rings is 1. The molecule has 1 saturated carbocycles. The van der Waals surface area contributed by atoms with Gasteiger partial charge in [-0.25, -0.2) is 0 Å². The van der Waals surface area contributed by atoms with Crippen molar-refractivity contribution in [2.24, 2.45) is 0 Å². The summed E-state index contributed by atoms with van der Waals surface area (Å²) in [4.78, 5) is 33.2. The van der Waals surface area contributed by atoms with E-state index in [9.17, 15) is 9.59 Å². The number of nitrogens with one attached hydrogen (secondary N) is 1. The number of hydrogen-bond acceptors (Lipinski definition) is 6. The van der Waals surface area contributed by atoms with Crippen molar-refractivity contribution in [2.45, 2.75) is 58.5 Å². The summed E-state index contributed by atoms with van der Waals surface area (Å²) in [6.07, 6.45) is 7.42. The maximum absolute atomic E-state index is 13.8. The Hall–Kier alpha value is -3.13. The number of amides is 2. The molecule has 2 amide bonds. The highest BCUT2D eigenvalue weighted by Crippen LogP contribution is 2.35. The van der Waals surface area contributed by atoms with E-state index < -0.39 is 6.04 Å². The molecule has 0 bridgehead atoms. The Kier molecular flexibility index (Phi) is 6.60. The molecule has 166 valence electrons. The molecule has 2 aromatic heterocycles. The van der Waals surface area contributed by atoms with E-state index in [1.807, 2.05) is 32.9 Å². The van der Waals surface area contributed by atoms with Crippen LogP contribution in [0, 0.1) is 20.8 Å². The van der Waals surface area contributed by atoms with E-state index in [1.54, 1.807) is 34.8 Å². The van der Waals surface area contributed by atoms with E-state index in [-0.39, 0.29) is 23.6 Å². The third kappa shape index (κ3) is 4.55. The summed E-state index contributed by atoms with van der Waals surface area (Å²) < 4.78 is 3.87. The van der Waals surface area contributed by atoms with Crippen LogP contribution in [0.25, 0.3) is 0 Å². The maximum Gasteiger partial charge on any atom is 0.280 e. The Balaban J connectivity index is 1.86. The number of hydrogen-bond donors (Lipinski definition) is 1. The van der Waals surface area contributed by atoms with Crippen LogP contribution in [0.15, 0.2) is 42.0 Å². The van der Waals surface area contributed by atoms with Crippen LogP contribution in [0.3, 0.4) is 0 Å². The Bertz CT molecular complexity index is 1070. The quantitative estimate of drug-likeness (QED) is 0.606. The van der Waals surface area contributed by atoms with E-state index in [4.69, 9.17) is 0 Å². The van der Waals surface area contributed by atoms with Crippen LogP contribution in [0.4, 0.5) is 5.69 Å². The summed E-state index contributed by atoms with van der Waals surface area (Å²) in [5, 5.41) is 8.82. The van der Waals surface area contributed by atoms with Gasteiger partial charge in [0.05, 0.1) is 5.69 Å². The number of carbonyl (C=O) groups excluding carboxylic acids is 2. The van der Waals surface area contributed by atoms with Gasteiger partial charge in [0, 0.05) is 23.8 Å². The van der Waals surface area contributed by atoms with E-state index in [2.05, 4.69) is 19.9 Å². The van der Waals surface area contributed by atoms with Crippen LogP contribution in [0.2, 0.25) is 0 Å². The summed E-state index contributed by atoms with van der Waals surface area (Å²) in [7, 11) is 0. The molecule has 0 saturated heterocycles. The fraction of sp³-hybridized carbons (Fsp3) is 0.375. The molecule has 2 heterocycles. The first kappa shape index (κ1) is 22.1. The van der Waals surface area contributed by atoms with Crippen molar-refractivity contribution in [3.05, 3.63) is 70.0 Å². The molecule has 0 aliphatic heterocycles. The monoisotopic (exact) mass is 449 g/mol. The molecule has 3 aromatic rings. The molecule has 7 nitrogen and oxygen atoms in total. The Morgan fingerprint density at radius 1 is 1.09 bits per heavy atom. The highest BCUT2D eigenvalue weighted by atomic mass is 32.1. The van der Waals surface area contributed by atoms with Gasteiger partial charge in [-0.05, 0) is 74.0 Å². The van der Waals surface area contributed by atoms with Crippen LogP contribution in [-0.4, -0.2) is 32.4 Å². The van der Waals surface area contributed by atoms with Crippen LogP contribution >= 0.6 is 11.5 Å². The molecule has 1 aromatic carbocycles. The first-order valence-electron chi connectivity index (χ1n) is 10.8. The number of nitrogens with zero attached hydrogens (tertiary/aromatic N) is 4. The molecular weight excluding hydrogens is 422 g/mol. The van der Waals surface area contributed by atoms with Crippen LogP contribution in [0.5, 0.6) is 0 Å². The molecule has 0 spiro atoms. The molecule has 1 aliphatic rings. The second-order valence-corrected chi connectivity index (χ2v) is 9.00. The lowest BCUT2D eigenvalue weighted by Gasteiger charge is -2.34. The van der Waals surface area contributed by atoms with Crippen molar-refractivity contribution in [2.75, 3.05) is 4.90 Å². The number of pyridine rings is 1. The lowest BCUT2D eigenvalue weighted by Crippen LogP contribution is -2.47. The van der Waals surface area contributed by atoms with Gasteiger partial charge in [0.1, 0.15) is 6.04 Å². The van der Waals surface area contributed by atoms with Crippen LogP contribution in [-0.2, 0) is 4.79 Å². The van der Waals surface area contributed by atoms with Crippen LogP contribution < -0.4 is 10.2 Å². The summed E-state index contributed by atoms with van der Waals surface area (Å²) in [5.74, 6) is -0.545. The molecule has 1 fully saturated rings.